The number of aromatic nitrogens is 5. The second-order valence-electron chi connectivity index (χ2n) is 8.90. The lowest BCUT2D eigenvalue weighted by Gasteiger charge is -2.34. The maximum atomic E-state index is 13.5. The summed E-state index contributed by atoms with van der Waals surface area (Å²) in [4.78, 5) is 24.0. The highest BCUT2D eigenvalue weighted by Crippen LogP contribution is 2.36. The molecule has 1 fully saturated rings. The number of nitrogens with one attached hydrogen (secondary N) is 1. The van der Waals surface area contributed by atoms with Crippen LogP contribution in [0, 0.1) is 5.92 Å². The monoisotopic (exact) mass is 516 g/mol. The molecule has 5 heterocycles. The maximum absolute atomic E-state index is 13.5. The minimum atomic E-state index is -3.09. The van der Waals surface area contributed by atoms with Crippen LogP contribution in [0.1, 0.15) is 35.8 Å². The van der Waals surface area contributed by atoms with Gasteiger partial charge in [0, 0.05) is 31.0 Å². The summed E-state index contributed by atoms with van der Waals surface area (Å²) in [6, 6.07) is 3.05. The van der Waals surface area contributed by atoms with Gasteiger partial charge in [0.2, 0.25) is 0 Å². The second kappa shape index (κ2) is 8.68. The van der Waals surface area contributed by atoms with Gasteiger partial charge in [-0.2, -0.15) is 0 Å². The minimum Gasteiger partial charge on any atom is -0.381 e. The van der Waals surface area contributed by atoms with E-state index in [4.69, 9.17) is 17.3 Å². The van der Waals surface area contributed by atoms with Crippen molar-refractivity contribution in [1.82, 2.24) is 29.3 Å². The predicted molar refractivity (Wildman–Crippen MR) is 134 cm³/mol. The van der Waals surface area contributed by atoms with Crippen LogP contribution >= 0.6 is 11.6 Å². The average Bonchev–Trinajstić information content (AvgIpc) is 3.42. The fraction of sp³-hybridized carbons (Fsp3) is 0.364. The minimum absolute atomic E-state index is 0.0423. The maximum Gasteiger partial charge on any atom is 0.259 e. The number of rotatable bonds is 5. The molecule has 3 N–H and O–H groups in total. The van der Waals surface area contributed by atoms with Gasteiger partial charge in [0.05, 0.1) is 34.3 Å². The third kappa shape index (κ3) is 4.16. The van der Waals surface area contributed by atoms with Crippen LogP contribution in [0.3, 0.4) is 0 Å². The van der Waals surface area contributed by atoms with E-state index in [1.165, 1.54) is 4.52 Å². The van der Waals surface area contributed by atoms with Crippen LogP contribution in [0.15, 0.2) is 37.1 Å². The molecule has 4 aromatic heterocycles. The Morgan fingerprint density at radius 2 is 2.00 bits per heavy atom. The predicted octanol–water partition coefficient (Wildman–Crippen LogP) is 1.97. The number of fused-ring (bicyclic) bond motifs is 2. The van der Waals surface area contributed by atoms with Gasteiger partial charge in [-0.1, -0.05) is 25.4 Å². The zero-order valence-corrected chi connectivity index (χ0v) is 20.8. The van der Waals surface area contributed by atoms with Crippen LogP contribution in [0.25, 0.3) is 11.2 Å². The first kappa shape index (κ1) is 23.4. The molecule has 1 unspecified atom stereocenters. The summed E-state index contributed by atoms with van der Waals surface area (Å²) < 4.78 is 27.5. The molecule has 1 amide bonds. The Morgan fingerprint density at radius 1 is 1.26 bits per heavy atom. The molecular formula is C22H25ClN8O3S. The lowest BCUT2D eigenvalue weighted by Crippen LogP contribution is -2.42. The van der Waals surface area contributed by atoms with Gasteiger partial charge < -0.3 is 16.0 Å². The number of nitrogens with zero attached hydrogens (tertiary/aromatic N) is 6. The van der Waals surface area contributed by atoms with Crippen molar-refractivity contribution in [1.29, 1.82) is 0 Å². The van der Waals surface area contributed by atoms with Gasteiger partial charge in [-0.15, -0.1) is 5.10 Å². The largest absolute Gasteiger partial charge is 0.381 e. The van der Waals surface area contributed by atoms with E-state index < -0.39 is 21.8 Å². The lowest BCUT2D eigenvalue weighted by molar-refractivity contribution is 0.0928. The number of nitrogens with two attached hydrogens (primary N) is 1. The van der Waals surface area contributed by atoms with Crippen molar-refractivity contribution >= 4 is 50.1 Å². The molecule has 1 aliphatic heterocycles. The molecule has 0 aromatic carbocycles. The number of carbonyl (C=O) groups excluding carboxylic acids is 1. The summed E-state index contributed by atoms with van der Waals surface area (Å²) in [5.74, 6) is 0.474. The van der Waals surface area contributed by atoms with Crippen LogP contribution in [0.5, 0.6) is 0 Å². The Bertz CT molecular complexity index is 1530. The van der Waals surface area contributed by atoms with Crippen LogP contribution in [0.4, 0.5) is 11.6 Å². The van der Waals surface area contributed by atoms with Crippen molar-refractivity contribution in [2.24, 2.45) is 5.92 Å². The molecule has 0 radical (unpaired) electrons. The number of pyridine rings is 1. The lowest BCUT2D eigenvalue weighted by atomic mass is 9.95. The van der Waals surface area contributed by atoms with Gasteiger partial charge in [0.15, 0.2) is 21.3 Å². The third-order valence-corrected chi connectivity index (χ3v) is 8.15. The van der Waals surface area contributed by atoms with Crippen molar-refractivity contribution in [3.05, 3.63) is 53.2 Å². The number of nitrogen functional groups attached to an aromatic ring is 1. The summed E-state index contributed by atoms with van der Waals surface area (Å²) in [6.45, 7) is 4.63. The Hall–Kier alpha value is -3.38. The first-order valence-electron chi connectivity index (χ1n) is 11.2. The number of carbonyl (C=O) groups is 1. The van der Waals surface area contributed by atoms with Crippen molar-refractivity contribution in [2.75, 3.05) is 35.2 Å². The number of hydrogen-bond donors (Lipinski definition) is 2. The Morgan fingerprint density at radius 3 is 2.71 bits per heavy atom. The van der Waals surface area contributed by atoms with Crippen molar-refractivity contribution < 1.29 is 13.2 Å². The van der Waals surface area contributed by atoms with Gasteiger partial charge in [-0.05, 0) is 18.1 Å². The van der Waals surface area contributed by atoms with E-state index in [9.17, 15) is 13.2 Å². The second-order valence-corrected chi connectivity index (χ2v) is 11.6. The summed E-state index contributed by atoms with van der Waals surface area (Å²) in [5, 5.41) is 7.76. The summed E-state index contributed by atoms with van der Waals surface area (Å²) in [5.41, 5.74) is 8.07. The van der Waals surface area contributed by atoms with E-state index in [2.05, 4.69) is 20.4 Å². The van der Waals surface area contributed by atoms with Crippen molar-refractivity contribution in [3.63, 3.8) is 0 Å². The molecule has 0 saturated carbocycles. The number of amides is 1. The molecule has 13 heteroatoms. The van der Waals surface area contributed by atoms with Gasteiger partial charge in [-0.25, -0.2) is 22.9 Å². The van der Waals surface area contributed by atoms with E-state index in [1.54, 1.807) is 31.0 Å². The summed E-state index contributed by atoms with van der Waals surface area (Å²) in [7, 11) is -3.09. The quantitative estimate of drug-likeness (QED) is 0.410. The fourth-order valence-electron chi connectivity index (χ4n) is 4.48. The molecule has 1 saturated heterocycles. The standard InChI is InChI=1S/C22H25ClN8O3S/c1-13(2)18(27-21(32)17-19(24)28-31-5-3-4-26-20(17)31)14-10-15(23)16-11-25-12-30(16)22(14)29-6-8-35(33,34)9-7-29/h3-5,10-13,18H,6-9H2,1-2H3,(H2,24,28)(H,27,32). The third-order valence-electron chi connectivity index (χ3n) is 6.23. The smallest absolute Gasteiger partial charge is 0.259 e. The fourth-order valence-corrected chi connectivity index (χ4v) is 5.94. The average molecular weight is 517 g/mol. The first-order valence-corrected chi connectivity index (χ1v) is 13.4. The van der Waals surface area contributed by atoms with Crippen molar-refractivity contribution in [3.8, 4) is 0 Å². The molecule has 11 nitrogen and oxygen atoms in total. The number of sulfone groups is 1. The zero-order chi connectivity index (χ0) is 24.9. The zero-order valence-electron chi connectivity index (χ0n) is 19.2. The number of imidazole rings is 1. The Kier molecular flexibility index (Phi) is 5.80. The van der Waals surface area contributed by atoms with Gasteiger partial charge in [0.25, 0.3) is 5.91 Å². The molecule has 4 aromatic rings. The van der Waals surface area contributed by atoms with E-state index in [0.717, 1.165) is 11.4 Å². The van der Waals surface area contributed by atoms with Gasteiger partial charge in [-0.3, -0.25) is 9.20 Å². The van der Waals surface area contributed by atoms with E-state index in [1.807, 2.05) is 29.2 Å². The molecule has 0 bridgehead atoms. The molecule has 184 valence electrons. The van der Waals surface area contributed by atoms with E-state index >= 15 is 0 Å². The van der Waals surface area contributed by atoms with Crippen LogP contribution in [-0.4, -0.2) is 62.9 Å². The number of halogens is 1. The Labute approximate surface area is 206 Å². The van der Waals surface area contributed by atoms with E-state index in [-0.39, 0.29) is 28.8 Å². The number of anilines is 2. The van der Waals surface area contributed by atoms with E-state index in [0.29, 0.717) is 29.3 Å². The Balaban J connectivity index is 1.60. The number of hydrogen-bond acceptors (Lipinski definition) is 8. The SMILES string of the molecule is CC(C)C(NC(=O)c1c(N)nn2cccnc12)c1cc(Cl)c2cncn2c1N1CCS(=O)(=O)CC1. The molecular weight excluding hydrogens is 492 g/mol. The van der Waals surface area contributed by atoms with Crippen molar-refractivity contribution in [2.45, 2.75) is 19.9 Å². The summed E-state index contributed by atoms with van der Waals surface area (Å²) >= 11 is 6.62. The topological polar surface area (TPSA) is 140 Å². The molecule has 1 aliphatic rings. The van der Waals surface area contributed by atoms with Crippen LogP contribution in [-0.2, 0) is 9.84 Å². The molecule has 5 rings (SSSR count). The molecule has 0 aliphatic carbocycles. The summed E-state index contributed by atoms with van der Waals surface area (Å²) in [6.07, 6.45) is 6.55. The highest BCUT2D eigenvalue weighted by molar-refractivity contribution is 7.91. The van der Waals surface area contributed by atoms with Gasteiger partial charge in [0.1, 0.15) is 17.7 Å². The van der Waals surface area contributed by atoms with Gasteiger partial charge >= 0.3 is 0 Å². The highest BCUT2D eigenvalue weighted by Gasteiger charge is 2.31. The molecule has 35 heavy (non-hydrogen) atoms. The van der Waals surface area contributed by atoms with Crippen LogP contribution < -0.4 is 16.0 Å². The highest BCUT2D eigenvalue weighted by atomic mass is 35.5. The normalized spacial score (nSPS) is 16.7. The first-order chi connectivity index (χ1) is 16.7. The van der Waals surface area contributed by atoms with Crippen LogP contribution in [0.2, 0.25) is 5.02 Å². The molecule has 0 spiro atoms. The molecule has 1 atom stereocenters.